The molecule has 21 heavy (non-hydrogen) atoms. The number of anilines is 1. The molecule has 0 bridgehead atoms. The van der Waals surface area contributed by atoms with Crippen LogP contribution in [0, 0.1) is 0 Å². The van der Waals surface area contributed by atoms with Crippen molar-refractivity contribution in [3.8, 4) is 0 Å². The average molecular weight is 321 g/mol. The Morgan fingerprint density at radius 3 is 2.62 bits per heavy atom. The van der Waals surface area contributed by atoms with E-state index in [1.807, 2.05) is 6.92 Å². The standard InChI is InChI=1S/C15H20ClF3N2/c1-4-14(3)9-21(10(2)8-20-14)13-6-5-11(7-12(13)16)15(17,18)19/h5-7,10,20H,4,8-9H2,1-3H3. The number of hydrogen-bond donors (Lipinski definition) is 1. The van der Waals surface area contributed by atoms with Gasteiger partial charge in [-0.1, -0.05) is 18.5 Å². The van der Waals surface area contributed by atoms with Gasteiger partial charge in [0.1, 0.15) is 0 Å². The zero-order valence-corrected chi connectivity index (χ0v) is 13.1. The molecule has 0 amide bonds. The summed E-state index contributed by atoms with van der Waals surface area (Å²) in [7, 11) is 0. The van der Waals surface area contributed by atoms with Crippen LogP contribution in [0.3, 0.4) is 0 Å². The molecule has 0 aromatic heterocycles. The zero-order chi connectivity index (χ0) is 15.8. The fourth-order valence-electron chi connectivity index (χ4n) is 2.57. The van der Waals surface area contributed by atoms with E-state index in [2.05, 4.69) is 24.1 Å². The molecule has 0 saturated carbocycles. The van der Waals surface area contributed by atoms with Crippen LogP contribution in [-0.2, 0) is 6.18 Å². The van der Waals surface area contributed by atoms with Gasteiger partial charge in [-0.2, -0.15) is 13.2 Å². The summed E-state index contributed by atoms with van der Waals surface area (Å²) in [5, 5.41) is 3.64. The van der Waals surface area contributed by atoms with E-state index in [0.717, 1.165) is 31.6 Å². The quantitative estimate of drug-likeness (QED) is 0.872. The van der Waals surface area contributed by atoms with Crippen LogP contribution in [0.1, 0.15) is 32.8 Å². The van der Waals surface area contributed by atoms with Crippen molar-refractivity contribution in [2.75, 3.05) is 18.0 Å². The molecule has 6 heteroatoms. The highest BCUT2D eigenvalue weighted by Gasteiger charge is 2.35. The minimum atomic E-state index is -4.37. The molecule has 2 atom stereocenters. The molecule has 0 aliphatic carbocycles. The Morgan fingerprint density at radius 1 is 1.43 bits per heavy atom. The first-order valence-electron chi connectivity index (χ1n) is 7.05. The Balaban J connectivity index is 2.32. The highest BCUT2D eigenvalue weighted by Crippen LogP contribution is 2.37. The van der Waals surface area contributed by atoms with E-state index < -0.39 is 11.7 Å². The Hall–Kier alpha value is -0.940. The number of hydrogen-bond acceptors (Lipinski definition) is 2. The van der Waals surface area contributed by atoms with E-state index in [1.165, 1.54) is 6.07 Å². The van der Waals surface area contributed by atoms with Crippen molar-refractivity contribution >= 4 is 17.3 Å². The number of halogens is 4. The van der Waals surface area contributed by atoms with E-state index >= 15 is 0 Å². The van der Waals surface area contributed by atoms with Crippen molar-refractivity contribution in [2.45, 2.75) is 44.9 Å². The first kappa shape index (κ1) is 16.4. The highest BCUT2D eigenvalue weighted by atomic mass is 35.5. The minimum absolute atomic E-state index is 0.0570. The summed E-state index contributed by atoms with van der Waals surface area (Å²) in [6.45, 7) is 7.74. The molecule has 0 spiro atoms. The molecule has 1 aliphatic heterocycles. The largest absolute Gasteiger partial charge is 0.416 e. The zero-order valence-electron chi connectivity index (χ0n) is 12.4. The molecular formula is C15H20ClF3N2. The summed E-state index contributed by atoms with van der Waals surface area (Å²) in [6, 6.07) is 3.76. The Kier molecular flexibility index (Phi) is 4.45. The van der Waals surface area contributed by atoms with Crippen LogP contribution in [-0.4, -0.2) is 24.7 Å². The lowest BCUT2D eigenvalue weighted by atomic mass is 9.93. The fourth-order valence-corrected chi connectivity index (χ4v) is 2.86. The van der Waals surface area contributed by atoms with E-state index in [1.54, 1.807) is 0 Å². The molecule has 1 heterocycles. The molecule has 1 N–H and O–H groups in total. The van der Waals surface area contributed by atoms with Crippen LogP contribution in [0.4, 0.5) is 18.9 Å². The molecule has 2 rings (SSSR count). The molecule has 1 aromatic carbocycles. The van der Waals surface area contributed by atoms with E-state index in [-0.39, 0.29) is 16.6 Å². The van der Waals surface area contributed by atoms with Gasteiger partial charge < -0.3 is 10.2 Å². The maximum Gasteiger partial charge on any atom is 0.416 e. The molecule has 118 valence electrons. The number of benzene rings is 1. The average Bonchev–Trinajstić information content (AvgIpc) is 2.41. The van der Waals surface area contributed by atoms with Gasteiger partial charge in [-0.3, -0.25) is 0 Å². The lowest BCUT2D eigenvalue weighted by Gasteiger charge is -2.46. The molecule has 2 unspecified atom stereocenters. The van der Waals surface area contributed by atoms with Gasteiger partial charge in [0.2, 0.25) is 0 Å². The smallest absolute Gasteiger partial charge is 0.365 e. The van der Waals surface area contributed by atoms with Gasteiger partial charge in [0.15, 0.2) is 0 Å². The highest BCUT2D eigenvalue weighted by molar-refractivity contribution is 6.33. The molecule has 1 aromatic rings. The van der Waals surface area contributed by atoms with Crippen LogP contribution in [0.5, 0.6) is 0 Å². The van der Waals surface area contributed by atoms with Gasteiger partial charge in [-0.15, -0.1) is 0 Å². The maximum absolute atomic E-state index is 12.7. The molecular weight excluding hydrogens is 301 g/mol. The van der Waals surface area contributed by atoms with Gasteiger partial charge in [-0.05, 0) is 38.5 Å². The maximum atomic E-state index is 12.7. The number of rotatable bonds is 2. The molecule has 1 aliphatic rings. The van der Waals surface area contributed by atoms with Gasteiger partial charge in [0.25, 0.3) is 0 Å². The lowest BCUT2D eigenvalue weighted by molar-refractivity contribution is -0.137. The van der Waals surface area contributed by atoms with E-state index in [4.69, 9.17) is 11.6 Å². The van der Waals surface area contributed by atoms with Crippen molar-refractivity contribution in [3.63, 3.8) is 0 Å². The number of nitrogens with one attached hydrogen (secondary N) is 1. The number of nitrogens with zero attached hydrogens (tertiary/aromatic N) is 1. The summed E-state index contributed by atoms with van der Waals surface area (Å²) in [4.78, 5) is 2.09. The van der Waals surface area contributed by atoms with Gasteiger partial charge in [-0.25, -0.2) is 0 Å². The summed E-state index contributed by atoms with van der Waals surface area (Å²) >= 11 is 6.11. The third-order valence-electron chi connectivity index (χ3n) is 4.24. The topological polar surface area (TPSA) is 15.3 Å². The first-order valence-corrected chi connectivity index (χ1v) is 7.42. The second-order valence-corrected chi connectivity index (χ2v) is 6.34. The predicted octanol–water partition coefficient (Wildman–Crippen LogP) is 4.33. The van der Waals surface area contributed by atoms with Gasteiger partial charge in [0.05, 0.1) is 16.3 Å². The van der Waals surface area contributed by atoms with E-state index in [0.29, 0.717) is 5.69 Å². The van der Waals surface area contributed by atoms with Crippen LogP contribution in [0.2, 0.25) is 5.02 Å². The van der Waals surface area contributed by atoms with Crippen molar-refractivity contribution < 1.29 is 13.2 Å². The van der Waals surface area contributed by atoms with Crippen LogP contribution < -0.4 is 10.2 Å². The molecule has 2 nitrogen and oxygen atoms in total. The number of piperazine rings is 1. The van der Waals surface area contributed by atoms with Crippen LogP contribution >= 0.6 is 11.6 Å². The van der Waals surface area contributed by atoms with Crippen molar-refractivity contribution in [3.05, 3.63) is 28.8 Å². The molecule has 1 saturated heterocycles. The molecule has 0 radical (unpaired) electrons. The van der Waals surface area contributed by atoms with Crippen molar-refractivity contribution in [1.29, 1.82) is 0 Å². The SMILES string of the molecule is CCC1(C)CN(c2ccc(C(F)(F)F)cc2Cl)C(C)CN1. The summed E-state index contributed by atoms with van der Waals surface area (Å²) in [5.41, 5.74) is -0.103. The normalized spacial score (nSPS) is 27.0. The third kappa shape index (κ3) is 3.46. The van der Waals surface area contributed by atoms with Gasteiger partial charge >= 0.3 is 6.18 Å². The van der Waals surface area contributed by atoms with Crippen molar-refractivity contribution in [2.24, 2.45) is 0 Å². The fraction of sp³-hybridized carbons (Fsp3) is 0.600. The van der Waals surface area contributed by atoms with E-state index in [9.17, 15) is 13.2 Å². The Morgan fingerprint density at radius 2 is 2.10 bits per heavy atom. The summed E-state index contributed by atoms with van der Waals surface area (Å²) < 4.78 is 38.1. The van der Waals surface area contributed by atoms with Crippen molar-refractivity contribution in [1.82, 2.24) is 5.32 Å². The summed E-state index contributed by atoms with van der Waals surface area (Å²) in [6.07, 6.45) is -3.43. The first-order chi connectivity index (χ1) is 9.66. The Labute approximate surface area is 128 Å². The second-order valence-electron chi connectivity index (χ2n) is 5.94. The third-order valence-corrected chi connectivity index (χ3v) is 4.54. The number of alkyl halides is 3. The predicted molar refractivity (Wildman–Crippen MR) is 80.0 cm³/mol. The second kappa shape index (κ2) is 5.69. The minimum Gasteiger partial charge on any atom is -0.365 e. The van der Waals surface area contributed by atoms with Crippen LogP contribution in [0.25, 0.3) is 0 Å². The Bertz CT molecular complexity index is 518. The monoisotopic (exact) mass is 320 g/mol. The summed E-state index contributed by atoms with van der Waals surface area (Å²) in [5.74, 6) is 0. The molecule has 1 fully saturated rings. The lowest BCUT2D eigenvalue weighted by Crippen LogP contribution is -2.62. The van der Waals surface area contributed by atoms with Crippen LogP contribution in [0.15, 0.2) is 18.2 Å². The van der Waals surface area contributed by atoms with Gasteiger partial charge in [0, 0.05) is 24.7 Å².